The Kier molecular flexibility index (Phi) is 4.67. The van der Waals surface area contributed by atoms with Crippen LogP contribution in [0.5, 0.6) is 0 Å². The van der Waals surface area contributed by atoms with E-state index in [1.54, 1.807) is 0 Å². The second-order valence-corrected chi connectivity index (χ2v) is 4.99. The molecular weight excluding hydrogens is 264 g/mol. The second-order valence-electron chi connectivity index (χ2n) is 4.99. The average molecular weight is 282 g/mol. The molecule has 0 aromatic carbocycles. The van der Waals surface area contributed by atoms with Crippen molar-refractivity contribution >= 4 is 11.6 Å². The van der Waals surface area contributed by atoms with Crippen LogP contribution in [0.25, 0.3) is 0 Å². The summed E-state index contributed by atoms with van der Waals surface area (Å²) in [6, 6.07) is -0.178. The normalized spacial score (nSPS) is 22.4. The van der Waals surface area contributed by atoms with Gasteiger partial charge in [-0.3, -0.25) is 19.6 Å². The molecular formula is C12H18N4O4. The Balaban J connectivity index is 1.78. The van der Waals surface area contributed by atoms with Crippen molar-refractivity contribution in [3.8, 4) is 0 Å². The molecule has 2 unspecified atom stereocenters. The van der Waals surface area contributed by atoms with Crippen LogP contribution in [0, 0.1) is 10.1 Å². The number of nitro groups is 1. The van der Waals surface area contributed by atoms with E-state index in [9.17, 15) is 20.0 Å². The van der Waals surface area contributed by atoms with E-state index in [1.807, 2.05) is 0 Å². The zero-order chi connectivity index (χ0) is 14.5. The van der Waals surface area contributed by atoms with Crippen molar-refractivity contribution in [3.63, 3.8) is 0 Å². The standard InChI is InChI=1S/C12H18N4O4/c17-11-4-2-1-3-10(11)14-12(18)5-6-15-8-9(7-13-15)16(19)20/h7-8,10-11,17H,1-6H2,(H,14,18). The Morgan fingerprint density at radius 3 is 2.95 bits per heavy atom. The van der Waals surface area contributed by atoms with Crippen LogP contribution in [0.3, 0.4) is 0 Å². The molecule has 1 aromatic heterocycles. The number of amides is 1. The molecule has 1 aliphatic carbocycles. The highest BCUT2D eigenvalue weighted by Gasteiger charge is 2.24. The highest BCUT2D eigenvalue weighted by Crippen LogP contribution is 2.18. The molecule has 0 spiro atoms. The van der Waals surface area contributed by atoms with Gasteiger partial charge in [-0.15, -0.1) is 0 Å². The highest BCUT2D eigenvalue weighted by molar-refractivity contribution is 5.76. The van der Waals surface area contributed by atoms with E-state index in [4.69, 9.17) is 0 Å². The molecule has 8 nitrogen and oxygen atoms in total. The highest BCUT2D eigenvalue weighted by atomic mass is 16.6. The van der Waals surface area contributed by atoms with Gasteiger partial charge in [-0.2, -0.15) is 5.10 Å². The van der Waals surface area contributed by atoms with Crippen LogP contribution in [-0.2, 0) is 11.3 Å². The summed E-state index contributed by atoms with van der Waals surface area (Å²) in [5.74, 6) is -0.172. The Hall–Kier alpha value is -1.96. The van der Waals surface area contributed by atoms with Gasteiger partial charge in [0.1, 0.15) is 12.4 Å². The van der Waals surface area contributed by atoms with Crippen molar-refractivity contribution < 1.29 is 14.8 Å². The first-order valence-corrected chi connectivity index (χ1v) is 6.70. The summed E-state index contributed by atoms with van der Waals surface area (Å²) in [5, 5.41) is 26.9. The largest absolute Gasteiger partial charge is 0.391 e. The number of carbonyl (C=O) groups excluding carboxylic acids is 1. The van der Waals surface area contributed by atoms with E-state index in [0.29, 0.717) is 0 Å². The SMILES string of the molecule is O=C(CCn1cc([N+](=O)[O-])cn1)NC1CCCCC1O. The van der Waals surface area contributed by atoms with Crippen molar-refractivity contribution in [2.45, 2.75) is 50.8 Å². The Bertz CT molecular complexity index is 488. The summed E-state index contributed by atoms with van der Waals surface area (Å²) < 4.78 is 1.37. The van der Waals surface area contributed by atoms with Crippen LogP contribution >= 0.6 is 0 Å². The fourth-order valence-corrected chi connectivity index (χ4v) is 2.34. The van der Waals surface area contributed by atoms with E-state index < -0.39 is 11.0 Å². The van der Waals surface area contributed by atoms with E-state index in [-0.39, 0.29) is 30.6 Å². The van der Waals surface area contributed by atoms with Crippen molar-refractivity contribution in [2.75, 3.05) is 0 Å². The molecule has 2 atom stereocenters. The van der Waals surface area contributed by atoms with Gasteiger partial charge < -0.3 is 10.4 Å². The van der Waals surface area contributed by atoms with Gasteiger partial charge in [0, 0.05) is 13.0 Å². The van der Waals surface area contributed by atoms with E-state index in [0.717, 1.165) is 31.9 Å². The van der Waals surface area contributed by atoms with Crippen LogP contribution < -0.4 is 5.32 Å². The van der Waals surface area contributed by atoms with Crippen molar-refractivity contribution in [2.24, 2.45) is 0 Å². The first-order chi connectivity index (χ1) is 9.56. The van der Waals surface area contributed by atoms with Gasteiger partial charge in [0.25, 0.3) is 0 Å². The molecule has 1 aromatic rings. The Morgan fingerprint density at radius 1 is 1.55 bits per heavy atom. The summed E-state index contributed by atoms with van der Waals surface area (Å²) in [7, 11) is 0. The van der Waals surface area contributed by atoms with Gasteiger partial charge in [-0.05, 0) is 12.8 Å². The lowest BCUT2D eigenvalue weighted by atomic mass is 9.92. The molecule has 2 N–H and O–H groups in total. The van der Waals surface area contributed by atoms with Crippen LogP contribution in [0.4, 0.5) is 5.69 Å². The van der Waals surface area contributed by atoms with Gasteiger partial charge in [-0.1, -0.05) is 12.8 Å². The van der Waals surface area contributed by atoms with E-state index >= 15 is 0 Å². The van der Waals surface area contributed by atoms with Crippen LogP contribution in [0.1, 0.15) is 32.1 Å². The number of aliphatic hydroxyl groups is 1. The third-order valence-electron chi connectivity index (χ3n) is 3.47. The fourth-order valence-electron chi connectivity index (χ4n) is 2.34. The number of carbonyl (C=O) groups is 1. The van der Waals surface area contributed by atoms with Crippen LogP contribution in [-0.4, -0.2) is 37.9 Å². The first-order valence-electron chi connectivity index (χ1n) is 6.70. The smallest absolute Gasteiger partial charge is 0.306 e. The Morgan fingerprint density at radius 2 is 2.30 bits per heavy atom. The summed E-state index contributed by atoms with van der Waals surface area (Å²) in [6.07, 6.45) is 5.67. The number of hydrogen-bond donors (Lipinski definition) is 2. The zero-order valence-electron chi connectivity index (χ0n) is 11.1. The summed E-state index contributed by atoms with van der Waals surface area (Å²) >= 11 is 0. The lowest BCUT2D eigenvalue weighted by molar-refractivity contribution is -0.385. The van der Waals surface area contributed by atoms with Gasteiger partial charge in [0.05, 0.1) is 17.1 Å². The molecule has 20 heavy (non-hydrogen) atoms. The predicted octanol–water partition coefficient (Wildman–Crippen LogP) is 0.601. The molecule has 0 radical (unpaired) electrons. The van der Waals surface area contributed by atoms with Crippen molar-refractivity contribution in [3.05, 3.63) is 22.5 Å². The monoisotopic (exact) mass is 282 g/mol. The number of aromatic nitrogens is 2. The van der Waals surface area contributed by atoms with E-state index in [1.165, 1.54) is 10.9 Å². The lowest BCUT2D eigenvalue weighted by Crippen LogP contribution is -2.45. The van der Waals surface area contributed by atoms with Crippen LogP contribution in [0.15, 0.2) is 12.4 Å². The van der Waals surface area contributed by atoms with E-state index in [2.05, 4.69) is 10.4 Å². The maximum Gasteiger partial charge on any atom is 0.306 e. The summed E-state index contributed by atoms with van der Waals surface area (Å²) in [5.41, 5.74) is -0.0897. The molecule has 1 saturated carbocycles. The molecule has 1 fully saturated rings. The maximum absolute atomic E-state index is 11.8. The number of aryl methyl sites for hydroxylation is 1. The van der Waals surface area contributed by atoms with Gasteiger partial charge in [-0.25, -0.2) is 0 Å². The Labute approximate surface area is 115 Å². The molecule has 8 heteroatoms. The number of hydrogen-bond acceptors (Lipinski definition) is 5. The maximum atomic E-state index is 11.8. The fraction of sp³-hybridized carbons (Fsp3) is 0.667. The minimum absolute atomic E-state index is 0.0897. The lowest BCUT2D eigenvalue weighted by Gasteiger charge is -2.28. The molecule has 1 amide bonds. The minimum Gasteiger partial charge on any atom is -0.391 e. The first kappa shape index (κ1) is 14.4. The third kappa shape index (κ3) is 3.77. The minimum atomic E-state index is -0.526. The third-order valence-corrected chi connectivity index (χ3v) is 3.47. The molecule has 110 valence electrons. The molecule has 1 aliphatic rings. The summed E-state index contributed by atoms with van der Waals surface area (Å²) in [4.78, 5) is 21.7. The van der Waals surface area contributed by atoms with Gasteiger partial charge in [0.2, 0.25) is 5.91 Å². The second kappa shape index (κ2) is 6.47. The number of rotatable bonds is 5. The predicted molar refractivity (Wildman–Crippen MR) is 69.9 cm³/mol. The average Bonchev–Trinajstić information content (AvgIpc) is 2.88. The van der Waals surface area contributed by atoms with Gasteiger partial charge >= 0.3 is 5.69 Å². The molecule has 2 rings (SSSR count). The molecule has 0 bridgehead atoms. The van der Waals surface area contributed by atoms with Crippen molar-refractivity contribution in [1.82, 2.24) is 15.1 Å². The quantitative estimate of drug-likeness (QED) is 0.607. The number of nitrogens with zero attached hydrogens (tertiary/aromatic N) is 3. The zero-order valence-corrected chi connectivity index (χ0v) is 11.1. The topological polar surface area (TPSA) is 110 Å². The number of nitrogens with one attached hydrogen (secondary N) is 1. The molecule has 1 heterocycles. The molecule has 0 aliphatic heterocycles. The number of aliphatic hydroxyl groups excluding tert-OH is 1. The van der Waals surface area contributed by atoms with Crippen molar-refractivity contribution in [1.29, 1.82) is 0 Å². The van der Waals surface area contributed by atoms with Gasteiger partial charge in [0.15, 0.2) is 0 Å². The summed E-state index contributed by atoms with van der Waals surface area (Å²) in [6.45, 7) is 0.280. The molecule has 0 saturated heterocycles. The van der Waals surface area contributed by atoms with Crippen LogP contribution in [0.2, 0.25) is 0 Å².